The van der Waals surface area contributed by atoms with Gasteiger partial charge in [0, 0.05) is 48.2 Å². The van der Waals surface area contributed by atoms with E-state index < -0.39 is 0 Å². The summed E-state index contributed by atoms with van der Waals surface area (Å²) in [6, 6.07) is 20.9. The number of morpholine rings is 1. The second kappa shape index (κ2) is 9.72. The second-order valence-electron chi connectivity index (χ2n) is 9.67. The van der Waals surface area contributed by atoms with Crippen LogP contribution in [-0.4, -0.2) is 57.2 Å². The Hall–Kier alpha value is -3.75. The molecule has 3 heterocycles. The van der Waals surface area contributed by atoms with Crippen molar-refractivity contribution in [3.8, 4) is 11.1 Å². The molecule has 0 spiro atoms. The Balaban J connectivity index is 1.17. The van der Waals surface area contributed by atoms with E-state index in [1.54, 1.807) is 4.52 Å². The molecule has 2 aliphatic rings. The predicted molar refractivity (Wildman–Crippen MR) is 139 cm³/mol. The van der Waals surface area contributed by atoms with Crippen LogP contribution in [0.15, 0.2) is 66.9 Å². The van der Waals surface area contributed by atoms with Crippen molar-refractivity contribution in [2.75, 3.05) is 25.1 Å². The van der Waals surface area contributed by atoms with Crippen molar-refractivity contribution in [2.45, 2.75) is 38.4 Å². The number of benzene rings is 2. The fraction of sp³-hybridized carbons (Fsp3) is 0.321. The van der Waals surface area contributed by atoms with Crippen LogP contribution in [0.2, 0.25) is 0 Å². The third kappa shape index (κ3) is 4.96. The number of aromatic nitrogens is 3. The topological polar surface area (TPSA) is 83.8 Å². The molecule has 2 aromatic heterocycles. The van der Waals surface area contributed by atoms with E-state index in [1.165, 1.54) is 5.56 Å². The van der Waals surface area contributed by atoms with Crippen molar-refractivity contribution >= 4 is 23.2 Å². The number of carbonyl (C=O) groups excluding carboxylic acids is 1. The molecule has 36 heavy (non-hydrogen) atoms. The zero-order valence-corrected chi connectivity index (χ0v) is 20.4. The molecule has 1 atom stereocenters. The summed E-state index contributed by atoms with van der Waals surface area (Å²) >= 11 is 0. The van der Waals surface area contributed by atoms with Crippen LogP contribution in [0.1, 0.15) is 35.7 Å². The normalized spacial score (nSPS) is 18.3. The third-order valence-corrected chi connectivity index (χ3v) is 6.83. The highest BCUT2D eigenvalue weighted by Crippen LogP contribution is 2.26. The van der Waals surface area contributed by atoms with Gasteiger partial charge in [0.25, 0.3) is 5.91 Å². The van der Waals surface area contributed by atoms with E-state index in [-0.39, 0.29) is 5.91 Å². The quantitative estimate of drug-likeness (QED) is 0.410. The summed E-state index contributed by atoms with van der Waals surface area (Å²) in [5.74, 6) is 0.487. The molecular formula is C28H30N6O2. The molecule has 8 heteroatoms. The van der Waals surface area contributed by atoms with E-state index in [9.17, 15) is 4.79 Å². The van der Waals surface area contributed by atoms with E-state index in [4.69, 9.17) is 9.72 Å². The van der Waals surface area contributed by atoms with E-state index in [1.807, 2.05) is 36.5 Å². The molecule has 1 saturated heterocycles. The summed E-state index contributed by atoms with van der Waals surface area (Å²) in [6.45, 7) is 5.70. The lowest BCUT2D eigenvalue weighted by molar-refractivity contribution is -0.00436. The average molecular weight is 483 g/mol. The molecule has 1 amide bonds. The maximum Gasteiger partial charge on any atom is 0.251 e. The highest BCUT2D eigenvalue weighted by Gasteiger charge is 2.23. The number of hydrogen-bond acceptors (Lipinski definition) is 6. The van der Waals surface area contributed by atoms with Crippen molar-refractivity contribution in [2.24, 2.45) is 0 Å². The van der Waals surface area contributed by atoms with Gasteiger partial charge in [-0.25, -0.2) is 4.52 Å². The van der Waals surface area contributed by atoms with Gasteiger partial charge in [0.1, 0.15) is 0 Å². The van der Waals surface area contributed by atoms with Crippen LogP contribution in [0.3, 0.4) is 0 Å². The summed E-state index contributed by atoms with van der Waals surface area (Å²) in [4.78, 5) is 19.4. The number of hydrogen-bond donors (Lipinski definition) is 2. The van der Waals surface area contributed by atoms with Gasteiger partial charge in [-0.05, 0) is 67.3 Å². The van der Waals surface area contributed by atoms with Crippen LogP contribution in [0.25, 0.3) is 16.8 Å². The molecule has 0 radical (unpaired) electrons. The Morgan fingerprint density at radius 3 is 2.64 bits per heavy atom. The lowest BCUT2D eigenvalue weighted by Crippen LogP contribution is -2.42. The van der Waals surface area contributed by atoms with Gasteiger partial charge in [-0.1, -0.05) is 24.3 Å². The third-order valence-electron chi connectivity index (χ3n) is 6.83. The Kier molecular flexibility index (Phi) is 6.13. The Bertz CT molecular complexity index is 1360. The van der Waals surface area contributed by atoms with Crippen LogP contribution in [0.5, 0.6) is 0 Å². The standard InChI is InChI=1S/C28H30N6O2/c1-19-18-36-16-15-33(19)17-20-4-6-21(7-5-20)25-3-2-14-34-26(25)31-28(32-34)30-24-10-8-22(9-11-24)27(35)29-23-12-13-23/h2-11,14,19,23H,12-13,15-18H2,1H3,(H,29,35)(H,30,32). The van der Waals surface area contributed by atoms with Crippen molar-refractivity contribution in [1.82, 2.24) is 24.8 Å². The van der Waals surface area contributed by atoms with Gasteiger partial charge in [0.2, 0.25) is 5.95 Å². The number of carbonyl (C=O) groups is 1. The van der Waals surface area contributed by atoms with Crippen molar-refractivity contribution < 1.29 is 9.53 Å². The molecule has 8 nitrogen and oxygen atoms in total. The van der Waals surface area contributed by atoms with E-state index >= 15 is 0 Å². The Labute approximate surface area is 210 Å². The maximum absolute atomic E-state index is 12.2. The molecule has 1 unspecified atom stereocenters. The largest absolute Gasteiger partial charge is 0.379 e. The van der Waals surface area contributed by atoms with Crippen LogP contribution < -0.4 is 10.6 Å². The summed E-state index contributed by atoms with van der Waals surface area (Å²) < 4.78 is 7.35. The number of rotatable bonds is 7. The smallest absolute Gasteiger partial charge is 0.251 e. The first-order chi connectivity index (χ1) is 17.6. The van der Waals surface area contributed by atoms with Crippen molar-refractivity contribution in [3.05, 3.63) is 78.0 Å². The summed E-state index contributed by atoms with van der Waals surface area (Å²) in [5, 5.41) is 10.9. The van der Waals surface area contributed by atoms with Crippen molar-refractivity contribution in [3.63, 3.8) is 0 Å². The molecule has 184 valence electrons. The number of anilines is 2. The molecule has 1 aliphatic heterocycles. The lowest BCUT2D eigenvalue weighted by Gasteiger charge is -2.33. The summed E-state index contributed by atoms with van der Waals surface area (Å²) in [5.41, 5.74) is 5.69. The number of nitrogens with one attached hydrogen (secondary N) is 2. The van der Waals surface area contributed by atoms with Crippen molar-refractivity contribution in [1.29, 1.82) is 0 Å². The predicted octanol–water partition coefficient (Wildman–Crippen LogP) is 4.25. The van der Waals surface area contributed by atoms with E-state index in [2.05, 4.69) is 57.9 Å². The van der Waals surface area contributed by atoms with Gasteiger partial charge < -0.3 is 15.4 Å². The lowest BCUT2D eigenvalue weighted by atomic mass is 10.0. The van der Waals surface area contributed by atoms with Gasteiger partial charge in [-0.3, -0.25) is 9.69 Å². The zero-order chi connectivity index (χ0) is 24.5. The highest BCUT2D eigenvalue weighted by atomic mass is 16.5. The molecule has 1 saturated carbocycles. The monoisotopic (exact) mass is 482 g/mol. The van der Waals surface area contributed by atoms with Crippen LogP contribution in [0, 0.1) is 0 Å². The number of amides is 1. The Morgan fingerprint density at radius 2 is 1.89 bits per heavy atom. The molecule has 2 fully saturated rings. The van der Waals surface area contributed by atoms with Gasteiger partial charge in [-0.2, -0.15) is 4.98 Å². The molecule has 6 rings (SSSR count). The summed E-state index contributed by atoms with van der Waals surface area (Å²) in [6.07, 6.45) is 4.05. The summed E-state index contributed by atoms with van der Waals surface area (Å²) in [7, 11) is 0. The number of nitrogens with zero attached hydrogens (tertiary/aromatic N) is 4. The number of fused-ring (bicyclic) bond motifs is 1. The first kappa shape index (κ1) is 22.7. The first-order valence-corrected chi connectivity index (χ1v) is 12.6. The van der Waals surface area contributed by atoms with Gasteiger partial charge in [0.05, 0.1) is 13.2 Å². The van der Waals surface area contributed by atoms with Gasteiger partial charge in [0.15, 0.2) is 5.65 Å². The molecular weight excluding hydrogens is 452 g/mol. The fourth-order valence-electron chi connectivity index (χ4n) is 4.54. The van der Waals surface area contributed by atoms with E-state index in [0.29, 0.717) is 23.6 Å². The number of pyridine rings is 1. The molecule has 1 aliphatic carbocycles. The number of ether oxygens (including phenoxy) is 1. The average Bonchev–Trinajstić information content (AvgIpc) is 3.62. The minimum absolute atomic E-state index is 0.0231. The molecule has 2 aromatic carbocycles. The van der Waals surface area contributed by atoms with E-state index in [0.717, 1.165) is 61.6 Å². The molecule has 4 aromatic rings. The highest BCUT2D eigenvalue weighted by molar-refractivity contribution is 5.95. The van der Waals surface area contributed by atoms with Crippen LogP contribution in [0.4, 0.5) is 11.6 Å². The first-order valence-electron chi connectivity index (χ1n) is 12.6. The SMILES string of the molecule is CC1COCCN1Cc1ccc(-c2cccn3nc(Nc4ccc(C(=O)NC5CC5)cc4)nc23)cc1. The van der Waals surface area contributed by atoms with Gasteiger partial charge >= 0.3 is 0 Å². The zero-order valence-electron chi connectivity index (χ0n) is 20.4. The minimum Gasteiger partial charge on any atom is -0.379 e. The van der Waals surface area contributed by atoms with Crippen LogP contribution in [-0.2, 0) is 11.3 Å². The van der Waals surface area contributed by atoms with Gasteiger partial charge in [-0.15, -0.1) is 5.10 Å². The fourth-order valence-corrected chi connectivity index (χ4v) is 4.54. The maximum atomic E-state index is 12.2. The molecule has 2 N–H and O–H groups in total. The second-order valence-corrected chi connectivity index (χ2v) is 9.67. The Morgan fingerprint density at radius 1 is 1.08 bits per heavy atom. The van der Waals surface area contributed by atoms with Crippen LogP contribution >= 0.6 is 0 Å². The minimum atomic E-state index is -0.0231. The molecule has 0 bridgehead atoms.